The quantitative estimate of drug-likeness (QED) is 0.560. The summed E-state index contributed by atoms with van der Waals surface area (Å²) in [7, 11) is 0. The average molecular weight is 244 g/mol. The Kier molecular flexibility index (Phi) is 4.46. The van der Waals surface area contributed by atoms with Gasteiger partial charge in [-0.05, 0) is 53.4 Å². The third-order valence-corrected chi connectivity index (χ3v) is 4.58. The van der Waals surface area contributed by atoms with Gasteiger partial charge >= 0.3 is 0 Å². The van der Waals surface area contributed by atoms with Crippen molar-refractivity contribution in [2.75, 3.05) is 0 Å². The smallest absolute Gasteiger partial charge is 0.0130 e. The molecule has 0 N–H and O–H groups in total. The molecule has 1 aliphatic carbocycles. The van der Waals surface area contributed by atoms with E-state index in [2.05, 4.69) is 72.4 Å². The largest absolute Gasteiger partial charge is 0.120 e. The summed E-state index contributed by atoms with van der Waals surface area (Å²) in [4.78, 5) is 0. The maximum Gasteiger partial charge on any atom is -0.0130 e. The fourth-order valence-corrected chi connectivity index (χ4v) is 2.15. The van der Waals surface area contributed by atoms with E-state index < -0.39 is 0 Å². The second-order valence-corrected chi connectivity index (χ2v) is 7.13. The van der Waals surface area contributed by atoms with Crippen LogP contribution in [0.25, 0.3) is 0 Å². The van der Waals surface area contributed by atoms with E-state index in [1.165, 1.54) is 17.6 Å². The van der Waals surface area contributed by atoms with E-state index in [9.17, 15) is 0 Å². The van der Waals surface area contributed by atoms with E-state index in [1.54, 1.807) is 0 Å². The van der Waals surface area contributed by atoms with E-state index in [1.807, 2.05) is 6.08 Å². The maximum atomic E-state index is 3.25. The highest BCUT2D eigenvalue weighted by Crippen LogP contribution is 2.44. The predicted octanol–water partition coefficient (Wildman–Crippen LogP) is 5.68. The highest BCUT2D eigenvalue weighted by atomic mass is 14.4. The minimum atomic E-state index is 0.332. The van der Waals surface area contributed by atoms with Crippen LogP contribution in [0.5, 0.6) is 0 Å². The summed E-state index contributed by atoms with van der Waals surface area (Å²) in [6.07, 6.45) is 9.82. The molecule has 0 nitrogen and oxygen atoms in total. The van der Waals surface area contributed by atoms with E-state index in [-0.39, 0.29) is 0 Å². The van der Waals surface area contributed by atoms with Crippen LogP contribution < -0.4 is 0 Å². The molecule has 0 aromatic rings. The van der Waals surface area contributed by atoms with Gasteiger partial charge in [-0.25, -0.2) is 0 Å². The van der Waals surface area contributed by atoms with Gasteiger partial charge in [-0.2, -0.15) is 0 Å². The summed E-state index contributed by atoms with van der Waals surface area (Å²) < 4.78 is 0. The number of rotatable bonds is 3. The van der Waals surface area contributed by atoms with E-state index in [0.717, 1.165) is 0 Å². The summed E-state index contributed by atoms with van der Waals surface area (Å²) in [6, 6.07) is 0. The Morgan fingerprint density at radius 3 is 2.28 bits per heavy atom. The molecule has 0 fully saturated rings. The van der Waals surface area contributed by atoms with Gasteiger partial charge in [0.25, 0.3) is 0 Å². The molecule has 1 rings (SSSR count). The van der Waals surface area contributed by atoms with Gasteiger partial charge in [0.15, 0.2) is 0 Å². The first kappa shape index (κ1) is 15.1. The lowest BCUT2D eigenvalue weighted by Crippen LogP contribution is -2.31. The van der Waals surface area contributed by atoms with Crippen LogP contribution in [0.15, 0.2) is 41.2 Å². The molecule has 0 heteroatoms. The Morgan fingerprint density at radius 2 is 1.78 bits per heavy atom. The highest BCUT2D eigenvalue weighted by Gasteiger charge is 2.34. The molecule has 1 aliphatic rings. The lowest BCUT2D eigenvalue weighted by molar-refractivity contribution is 0.106. The first-order valence-electron chi connectivity index (χ1n) is 6.98. The molecular weight excluding hydrogens is 216 g/mol. The molecule has 1 atom stereocenters. The van der Waals surface area contributed by atoms with Gasteiger partial charge in [0.1, 0.15) is 0 Å². The van der Waals surface area contributed by atoms with Crippen molar-refractivity contribution >= 4 is 0 Å². The molecule has 0 aromatic carbocycles. The molecule has 100 valence electrons. The minimum Gasteiger partial charge on any atom is -0.120 e. The molecule has 0 aliphatic heterocycles. The molecule has 0 heterocycles. The van der Waals surface area contributed by atoms with Crippen molar-refractivity contribution in [3.63, 3.8) is 0 Å². The van der Waals surface area contributed by atoms with Crippen molar-refractivity contribution in [2.24, 2.45) is 16.7 Å². The predicted molar refractivity (Wildman–Crippen MR) is 81.5 cm³/mol. The van der Waals surface area contributed by atoms with Gasteiger partial charge < -0.3 is 0 Å². The molecule has 18 heavy (non-hydrogen) atoms. The van der Waals surface area contributed by atoms with Gasteiger partial charge in [-0.1, -0.05) is 53.7 Å². The lowest BCUT2D eigenvalue weighted by Gasteiger charge is -2.41. The van der Waals surface area contributed by atoms with E-state index in [4.69, 9.17) is 0 Å². The fourth-order valence-electron chi connectivity index (χ4n) is 2.15. The van der Waals surface area contributed by atoms with Gasteiger partial charge in [-0.3, -0.25) is 0 Å². The Labute approximate surface area is 113 Å². The monoisotopic (exact) mass is 244 g/mol. The van der Waals surface area contributed by atoms with Crippen LogP contribution in [0.3, 0.4) is 0 Å². The topological polar surface area (TPSA) is 0 Å². The zero-order valence-electron chi connectivity index (χ0n) is 13.1. The van der Waals surface area contributed by atoms with Crippen molar-refractivity contribution < 1.29 is 0 Å². The normalized spacial score (nSPS) is 20.2. The summed E-state index contributed by atoms with van der Waals surface area (Å²) in [5.74, 6) is 0.579. The first-order chi connectivity index (χ1) is 8.17. The number of hydrogen-bond acceptors (Lipinski definition) is 0. The van der Waals surface area contributed by atoms with Crippen molar-refractivity contribution in [3.8, 4) is 0 Å². The lowest BCUT2D eigenvalue weighted by atomic mass is 9.64. The fraction of sp³-hybridized carbons (Fsp3) is 0.611. The average Bonchev–Trinajstić information content (AvgIpc) is 2.27. The van der Waals surface area contributed by atoms with Crippen LogP contribution in [0.4, 0.5) is 0 Å². The third kappa shape index (κ3) is 3.50. The molecule has 1 unspecified atom stereocenters. The summed E-state index contributed by atoms with van der Waals surface area (Å²) in [5.41, 5.74) is 6.60. The Bertz CT molecular complexity index is 415. The highest BCUT2D eigenvalue weighted by molar-refractivity contribution is 5.41. The third-order valence-electron chi connectivity index (χ3n) is 4.58. The van der Waals surface area contributed by atoms with E-state index in [0.29, 0.717) is 16.7 Å². The molecule has 0 saturated heterocycles. The van der Waals surface area contributed by atoms with Crippen LogP contribution >= 0.6 is 0 Å². The van der Waals surface area contributed by atoms with Crippen LogP contribution in [0, 0.1) is 16.7 Å². The van der Waals surface area contributed by atoms with Crippen LogP contribution in [0.2, 0.25) is 0 Å². The zero-order valence-corrected chi connectivity index (χ0v) is 13.1. The van der Waals surface area contributed by atoms with Gasteiger partial charge in [-0.15, -0.1) is 5.73 Å². The van der Waals surface area contributed by atoms with E-state index >= 15 is 0 Å². The summed E-state index contributed by atoms with van der Waals surface area (Å²) >= 11 is 0. The molecule has 0 bridgehead atoms. The molecular formula is C18H28. The van der Waals surface area contributed by atoms with Crippen molar-refractivity contribution in [3.05, 3.63) is 41.2 Å². The Morgan fingerprint density at radius 1 is 1.17 bits per heavy atom. The molecule has 0 amide bonds. The van der Waals surface area contributed by atoms with Crippen molar-refractivity contribution in [1.29, 1.82) is 0 Å². The second-order valence-electron chi connectivity index (χ2n) is 7.13. The molecule has 0 saturated carbocycles. The minimum absolute atomic E-state index is 0.332. The first-order valence-corrected chi connectivity index (χ1v) is 6.98. The van der Waals surface area contributed by atoms with Gasteiger partial charge in [0, 0.05) is 0 Å². The molecule has 0 spiro atoms. The van der Waals surface area contributed by atoms with Crippen LogP contribution in [-0.2, 0) is 0 Å². The van der Waals surface area contributed by atoms with Crippen molar-refractivity contribution in [2.45, 2.75) is 54.9 Å². The molecule has 0 radical (unpaired) electrons. The van der Waals surface area contributed by atoms with Crippen molar-refractivity contribution in [1.82, 2.24) is 0 Å². The number of hydrogen-bond donors (Lipinski definition) is 0. The summed E-state index contributed by atoms with van der Waals surface area (Å²) in [5, 5.41) is 0. The standard InChI is InChI=1S/C18H28/c1-8-15-10-9-11-16(12-15)14(2)13-18(6,7)17(3,4)5/h8,10-12,14H,13H2,1-7H3. The second kappa shape index (κ2) is 5.33. The molecule has 0 aromatic heterocycles. The van der Waals surface area contributed by atoms with Crippen LogP contribution in [0.1, 0.15) is 54.9 Å². The zero-order chi connectivity index (χ0) is 14.0. The van der Waals surface area contributed by atoms with Gasteiger partial charge in [0.05, 0.1) is 0 Å². The maximum absolute atomic E-state index is 3.25. The number of allylic oxidation sites excluding steroid dienone is 5. The van der Waals surface area contributed by atoms with Crippen LogP contribution in [-0.4, -0.2) is 0 Å². The van der Waals surface area contributed by atoms with Gasteiger partial charge in [0.2, 0.25) is 0 Å². The Balaban J connectivity index is 2.86. The SMILES string of the molecule is CC=C1C=C=CC(C(C)CC(C)(C)C(C)(C)C)=C1. The summed E-state index contributed by atoms with van der Waals surface area (Å²) in [6.45, 7) is 16.2. The Hall–Kier alpha value is -1.00.